The van der Waals surface area contributed by atoms with Crippen LogP contribution in [0.4, 0.5) is 4.39 Å². The van der Waals surface area contributed by atoms with Crippen LogP contribution < -0.4 is 15.0 Å². The van der Waals surface area contributed by atoms with Crippen molar-refractivity contribution >= 4 is 16.7 Å². The summed E-state index contributed by atoms with van der Waals surface area (Å²) in [4.78, 5) is 13.3. The topological polar surface area (TPSA) is 83.5 Å². The molecule has 9 heteroatoms. The fourth-order valence-corrected chi connectivity index (χ4v) is 3.78. The minimum absolute atomic E-state index is 0.151. The number of fused-ring (bicyclic) bond motifs is 3. The summed E-state index contributed by atoms with van der Waals surface area (Å²) in [6.45, 7) is 1.83. The molecule has 5 rings (SSSR count). The van der Waals surface area contributed by atoms with E-state index in [9.17, 15) is 9.18 Å². The van der Waals surface area contributed by atoms with E-state index in [1.165, 1.54) is 23.8 Å². The smallest absolute Gasteiger partial charge is 0.285 e. The van der Waals surface area contributed by atoms with Gasteiger partial charge in [-0.3, -0.25) is 9.36 Å². The third-order valence-corrected chi connectivity index (χ3v) is 5.33. The van der Waals surface area contributed by atoms with Crippen LogP contribution >= 0.6 is 0 Å². The van der Waals surface area contributed by atoms with Crippen LogP contribution in [0.1, 0.15) is 5.69 Å². The van der Waals surface area contributed by atoms with Crippen LogP contribution in [-0.4, -0.2) is 38.6 Å². The van der Waals surface area contributed by atoms with Crippen molar-refractivity contribution in [1.82, 2.24) is 24.4 Å². The number of rotatable bonds is 4. The molecule has 0 aliphatic carbocycles. The van der Waals surface area contributed by atoms with Crippen molar-refractivity contribution in [2.24, 2.45) is 0 Å². The molecule has 0 aliphatic rings. The highest BCUT2D eigenvalue weighted by Crippen LogP contribution is 2.29. The Balaban J connectivity index is 1.75. The Kier molecular flexibility index (Phi) is 4.58. The molecule has 0 N–H and O–H groups in total. The lowest BCUT2D eigenvalue weighted by atomic mass is 10.1. The summed E-state index contributed by atoms with van der Waals surface area (Å²) in [5.41, 5.74) is 3.48. The van der Waals surface area contributed by atoms with Gasteiger partial charge in [0.1, 0.15) is 22.8 Å². The average molecular weight is 431 g/mol. The standard InChI is InChI=1S/C23H18FN5O3/c1-13-20(14-4-6-15(24)7-5-14)22-26-25-21-17(29(22)27-13)10-11-28(23(21)30)18-12-16(31-2)8-9-19(18)32-3/h4-12H,1-3H3. The van der Waals surface area contributed by atoms with Gasteiger partial charge in [0.15, 0.2) is 11.2 Å². The number of ether oxygens (including phenoxy) is 2. The normalized spacial score (nSPS) is 11.2. The molecule has 0 spiro atoms. The maximum Gasteiger partial charge on any atom is 0.285 e. The van der Waals surface area contributed by atoms with Gasteiger partial charge in [-0.15, -0.1) is 10.2 Å². The van der Waals surface area contributed by atoms with E-state index in [1.54, 1.807) is 54.2 Å². The molecule has 32 heavy (non-hydrogen) atoms. The summed E-state index contributed by atoms with van der Waals surface area (Å²) in [5.74, 6) is 0.767. The first-order valence-electron chi connectivity index (χ1n) is 9.77. The molecule has 0 amide bonds. The first-order valence-corrected chi connectivity index (χ1v) is 9.77. The molecule has 0 fully saturated rings. The molecule has 0 radical (unpaired) electrons. The number of aromatic nitrogens is 5. The Labute approximate surface area is 181 Å². The second-order valence-corrected chi connectivity index (χ2v) is 7.17. The van der Waals surface area contributed by atoms with E-state index in [2.05, 4.69) is 15.3 Å². The number of benzene rings is 2. The van der Waals surface area contributed by atoms with Crippen LogP contribution in [0.25, 0.3) is 33.5 Å². The minimum Gasteiger partial charge on any atom is -0.497 e. The number of methoxy groups -OCH3 is 2. The van der Waals surface area contributed by atoms with E-state index < -0.39 is 0 Å². The molecular weight excluding hydrogens is 413 g/mol. The van der Waals surface area contributed by atoms with Gasteiger partial charge < -0.3 is 9.47 Å². The van der Waals surface area contributed by atoms with Gasteiger partial charge >= 0.3 is 0 Å². The van der Waals surface area contributed by atoms with Crippen molar-refractivity contribution < 1.29 is 13.9 Å². The summed E-state index contributed by atoms with van der Waals surface area (Å²) in [6, 6.07) is 13.0. The number of nitrogens with zero attached hydrogens (tertiary/aromatic N) is 5. The third kappa shape index (κ3) is 2.97. The molecule has 0 unspecified atom stereocenters. The highest BCUT2D eigenvalue weighted by Gasteiger charge is 2.19. The van der Waals surface area contributed by atoms with E-state index in [-0.39, 0.29) is 16.9 Å². The van der Waals surface area contributed by atoms with Gasteiger partial charge in [0, 0.05) is 12.3 Å². The summed E-state index contributed by atoms with van der Waals surface area (Å²) in [6.07, 6.45) is 1.64. The van der Waals surface area contributed by atoms with Crippen molar-refractivity contribution in [2.45, 2.75) is 6.92 Å². The van der Waals surface area contributed by atoms with E-state index >= 15 is 0 Å². The van der Waals surface area contributed by atoms with E-state index in [4.69, 9.17) is 9.47 Å². The zero-order chi connectivity index (χ0) is 22.4. The number of pyridine rings is 1. The van der Waals surface area contributed by atoms with Crippen LogP contribution in [0.15, 0.2) is 59.5 Å². The fraction of sp³-hybridized carbons (Fsp3) is 0.130. The lowest BCUT2D eigenvalue weighted by molar-refractivity contribution is 0.401. The molecule has 0 atom stereocenters. The van der Waals surface area contributed by atoms with Crippen molar-refractivity contribution in [3.05, 3.63) is 76.6 Å². The summed E-state index contributed by atoms with van der Waals surface area (Å²) < 4.78 is 27.1. The summed E-state index contributed by atoms with van der Waals surface area (Å²) >= 11 is 0. The zero-order valence-electron chi connectivity index (χ0n) is 17.5. The summed E-state index contributed by atoms with van der Waals surface area (Å²) in [5, 5.41) is 13.1. The van der Waals surface area contributed by atoms with E-state index in [0.717, 1.165) is 11.1 Å². The molecule has 8 nitrogen and oxygen atoms in total. The van der Waals surface area contributed by atoms with Crippen LogP contribution in [0.2, 0.25) is 0 Å². The monoisotopic (exact) mass is 431 g/mol. The average Bonchev–Trinajstić information content (AvgIpc) is 3.15. The Morgan fingerprint density at radius 3 is 2.47 bits per heavy atom. The molecule has 5 aromatic rings. The lowest BCUT2D eigenvalue weighted by Crippen LogP contribution is -2.20. The highest BCUT2D eigenvalue weighted by molar-refractivity contribution is 5.84. The van der Waals surface area contributed by atoms with Crippen LogP contribution in [0.3, 0.4) is 0 Å². The molecule has 2 aromatic carbocycles. The maximum atomic E-state index is 13.4. The number of aryl methyl sites for hydroxylation is 1. The Bertz CT molecular complexity index is 1540. The lowest BCUT2D eigenvalue weighted by Gasteiger charge is -2.13. The molecule has 160 valence electrons. The quantitative estimate of drug-likeness (QED) is 0.433. The SMILES string of the molecule is COc1ccc(OC)c(-n2ccc3c(nnc4c(-c5ccc(F)cc5)c(C)nn43)c2=O)c1. The molecule has 3 aromatic heterocycles. The first-order chi connectivity index (χ1) is 15.5. The third-order valence-electron chi connectivity index (χ3n) is 5.33. The van der Waals surface area contributed by atoms with Gasteiger partial charge in [0.05, 0.1) is 31.2 Å². The Morgan fingerprint density at radius 1 is 0.969 bits per heavy atom. The van der Waals surface area contributed by atoms with Gasteiger partial charge in [0.25, 0.3) is 5.56 Å². The molecule has 0 bridgehead atoms. The zero-order valence-corrected chi connectivity index (χ0v) is 17.5. The highest BCUT2D eigenvalue weighted by atomic mass is 19.1. The van der Waals surface area contributed by atoms with E-state index in [1.807, 2.05) is 6.92 Å². The van der Waals surface area contributed by atoms with Gasteiger partial charge in [0.2, 0.25) is 0 Å². The predicted octanol–water partition coefficient (Wildman–Crippen LogP) is 3.56. The number of halogens is 1. The second kappa shape index (κ2) is 7.45. The first kappa shape index (κ1) is 19.7. The van der Waals surface area contributed by atoms with Crippen molar-refractivity contribution in [3.63, 3.8) is 0 Å². The van der Waals surface area contributed by atoms with Crippen LogP contribution in [0, 0.1) is 12.7 Å². The Hall–Kier alpha value is -4.27. The molecular formula is C23H18FN5O3. The molecule has 3 heterocycles. The van der Waals surface area contributed by atoms with Gasteiger partial charge in [-0.1, -0.05) is 12.1 Å². The van der Waals surface area contributed by atoms with Crippen molar-refractivity contribution in [2.75, 3.05) is 14.2 Å². The summed E-state index contributed by atoms with van der Waals surface area (Å²) in [7, 11) is 3.08. The van der Waals surface area contributed by atoms with E-state index in [0.29, 0.717) is 34.0 Å². The fourth-order valence-electron chi connectivity index (χ4n) is 3.78. The van der Waals surface area contributed by atoms with Crippen molar-refractivity contribution in [1.29, 1.82) is 0 Å². The number of hydrogen-bond donors (Lipinski definition) is 0. The minimum atomic E-state index is -0.375. The maximum absolute atomic E-state index is 13.4. The molecule has 0 saturated carbocycles. The van der Waals surface area contributed by atoms with Crippen molar-refractivity contribution in [3.8, 4) is 28.3 Å². The molecule has 0 aliphatic heterocycles. The van der Waals surface area contributed by atoms with Crippen LogP contribution in [-0.2, 0) is 0 Å². The van der Waals surface area contributed by atoms with Gasteiger partial charge in [-0.25, -0.2) is 8.91 Å². The Morgan fingerprint density at radius 2 is 1.75 bits per heavy atom. The van der Waals surface area contributed by atoms with Gasteiger partial charge in [-0.2, -0.15) is 5.10 Å². The van der Waals surface area contributed by atoms with Gasteiger partial charge in [-0.05, 0) is 42.8 Å². The van der Waals surface area contributed by atoms with Crippen LogP contribution in [0.5, 0.6) is 11.5 Å². The second-order valence-electron chi connectivity index (χ2n) is 7.17. The molecule has 0 saturated heterocycles. The largest absolute Gasteiger partial charge is 0.497 e. The number of hydrogen-bond acceptors (Lipinski definition) is 6. The predicted molar refractivity (Wildman–Crippen MR) is 117 cm³/mol.